The molecule has 0 aliphatic carbocycles. The van der Waals surface area contributed by atoms with Crippen molar-refractivity contribution < 1.29 is 158 Å². The van der Waals surface area contributed by atoms with Crippen molar-refractivity contribution in [3.63, 3.8) is 0 Å². The molecule has 0 fully saturated rings. The van der Waals surface area contributed by atoms with Crippen LogP contribution in [0.2, 0.25) is 0 Å². The maximum Gasteiger partial charge on any atom is 1.00 e. The predicted octanol–water partition coefficient (Wildman–Crippen LogP) is -21.2. The van der Waals surface area contributed by atoms with Crippen LogP contribution in [0.4, 0.5) is 0 Å². The van der Waals surface area contributed by atoms with E-state index in [1.54, 1.807) is 0 Å². The van der Waals surface area contributed by atoms with Gasteiger partial charge in [-0.05, 0) is 0 Å². The molecule has 0 aromatic rings. The zero-order valence-corrected chi connectivity index (χ0v) is 17.1. The minimum absolute atomic E-state index is 0. The van der Waals surface area contributed by atoms with Crippen molar-refractivity contribution in [3.05, 3.63) is 0 Å². The van der Waals surface area contributed by atoms with E-state index in [0.29, 0.717) is 0 Å². The van der Waals surface area contributed by atoms with Crippen LogP contribution in [0.3, 0.4) is 0 Å². The molecule has 0 aromatic heterocycles. The van der Waals surface area contributed by atoms with E-state index in [1.807, 2.05) is 0 Å². The van der Waals surface area contributed by atoms with E-state index in [9.17, 15) is 0 Å². The second kappa shape index (κ2) is 84.0. The van der Waals surface area contributed by atoms with Crippen LogP contribution in [0.25, 0.3) is 0 Å². The quantitative estimate of drug-likeness (QED) is 0.164. The van der Waals surface area contributed by atoms with Gasteiger partial charge in [0.25, 0.3) is 0 Å². The Balaban J connectivity index is -0.00000000623. The van der Waals surface area contributed by atoms with Crippen LogP contribution >= 0.6 is 0 Å². The molecular formula is H24B4Na2O19. The smallest absolute Gasteiger partial charge is 0.871 e. The van der Waals surface area contributed by atoms with E-state index in [-0.39, 0.29) is 97.4 Å². The van der Waals surface area contributed by atoms with E-state index in [0.717, 1.165) is 0 Å². The van der Waals surface area contributed by atoms with Crippen LogP contribution in [0.15, 0.2) is 0 Å². The molecule has 0 rings (SSSR count). The average molecular weight is 417 g/mol. The minimum Gasteiger partial charge on any atom is -0.871 e. The number of hydrogen-bond donors (Lipinski definition) is 10. The molecule has 25 heteroatoms. The SMILES string of the molecule is O.O.O.O.O.O.O.OB(O)O.OB(O)O.OB(O)O.[Na+].[Na+].[O-]B([O-])O. The largest absolute Gasteiger partial charge is 1.00 e. The van der Waals surface area contributed by atoms with Gasteiger partial charge < -0.3 is 98.6 Å². The van der Waals surface area contributed by atoms with Crippen molar-refractivity contribution in [2.75, 3.05) is 0 Å². The first-order valence-electron chi connectivity index (χ1n) is 3.05. The van der Waals surface area contributed by atoms with E-state index in [1.165, 1.54) is 0 Å². The van der Waals surface area contributed by atoms with Gasteiger partial charge in [-0.1, -0.05) is 0 Å². The molecule has 0 amide bonds. The zero-order valence-electron chi connectivity index (χ0n) is 13.1. The van der Waals surface area contributed by atoms with Gasteiger partial charge in [0.05, 0.1) is 7.32 Å². The molecule has 152 valence electrons. The minimum atomic E-state index is -2.67. The van der Waals surface area contributed by atoms with Gasteiger partial charge in [-0.15, -0.1) is 0 Å². The molecule has 0 spiro atoms. The molecule has 0 unspecified atom stereocenters. The van der Waals surface area contributed by atoms with Crippen LogP contribution in [0, 0.1) is 0 Å². The summed E-state index contributed by atoms with van der Waals surface area (Å²) in [6, 6.07) is 0. The van der Waals surface area contributed by atoms with Gasteiger partial charge in [-0.2, -0.15) is 0 Å². The summed E-state index contributed by atoms with van der Waals surface area (Å²) in [6.07, 6.45) is 0. The third kappa shape index (κ3) is 6260. The van der Waals surface area contributed by atoms with Crippen LogP contribution in [0.1, 0.15) is 0 Å². The van der Waals surface area contributed by atoms with Crippen molar-refractivity contribution in [2.24, 2.45) is 0 Å². The molecule has 24 N–H and O–H groups in total. The number of rotatable bonds is 0. The van der Waals surface area contributed by atoms with Crippen molar-refractivity contribution in [3.8, 4) is 0 Å². The molecule has 0 atom stereocenters. The maximum absolute atomic E-state index is 8.53. The molecule has 0 radical (unpaired) electrons. The van der Waals surface area contributed by atoms with Gasteiger partial charge in [0.2, 0.25) is 0 Å². The molecule has 19 nitrogen and oxygen atoms in total. The second-order valence-electron chi connectivity index (χ2n) is 1.35. The topological polar surface area (TPSA) is 469 Å². The Morgan fingerprint density at radius 1 is 0.360 bits per heavy atom. The Bertz CT molecular complexity index is 68.4. The van der Waals surface area contributed by atoms with E-state index >= 15 is 0 Å². The first kappa shape index (κ1) is 94.6. The fourth-order valence-corrected chi connectivity index (χ4v) is 0. The van der Waals surface area contributed by atoms with Gasteiger partial charge in [-0.3, -0.25) is 0 Å². The maximum atomic E-state index is 8.53. The van der Waals surface area contributed by atoms with Gasteiger partial charge in [0, 0.05) is 0 Å². The van der Waals surface area contributed by atoms with Crippen LogP contribution in [0.5, 0.6) is 0 Å². The zero-order chi connectivity index (χ0) is 14.3. The van der Waals surface area contributed by atoms with Gasteiger partial charge >= 0.3 is 81.1 Å². The molecule has 0 saturated carbocycles. The standard InChI is InChI=1S/3BH3O3.BHO3.2Na.7H2O/c4*2-1(3)4;;;;;;;;;/h3*2-4H;2H;;;7*1H2/q;;;-2;2*+1;;;;;;;. The Morgan fingerprint density at radius 3 is 0.360 bits per heavy atom. The Hall–Kier alpha value is 1.50. The fourth-order valence-electron chi connectivity index (χ4n) is 0. The molecule has 0 bridgehead atoms. The Morgan fingerprint density at radius 2 is 0.360 bits per heavy atom. The van der Waals surface area contributed by atoms with Gasteiger partial charge in [0.15, 0.2) is 0 Å². The molecule has 0 heterocycles. The second-order valence-corrected chi connectivity index (χ2v) is 1.35. The summed E-state index contributed by atoms with van der Waals surface area (Å²) >= 11 is 0. The van der Waals surface area contributed by atoms with Crippen molar-refractivity contribution in [1.82, 2.24) is 0 Å². The van der Waals surface area contributed by atoms with Crippen molar-refractivity contribution in [2.45, 2.75) is 0 Å². The van der Waals surface area contributed by atoms with Crippen LogP contribution < -0.4 is 69.2 Å². The average Bonchev–Trinajstić information content (AvgIpc) is 1.76. The molecule has 0 aliphatic rings. The monoisotopic (exact) mass is 418 g/mol. The first-order chi connectivity index (χ1) is 6.93. The van der Waals surface area contributed by atoms with Crippen LogP contribution in [-0.4, -0.2) is 118 Å². The van der Waals surface area contributed by atoms with Gasteiger partial charge in [0.1, 0.15) is 0 Å². The van der Waals surface area contributed by atoms with Crippen molar-refractivity contribution in [1.29, 1.82) is 0 Å². The summed E-state index contributed by atoms with van der Waals surface area (Å²) in [7, 11) is -9.17. The Kier molecular flexibility index (Phi) is 318. The summed E-state index contributed by atoms with van der Waals surface area (Å²) in [4.78, 5) is 0. The third-order valence-electron chi connectivity index (χ3n) is 0. The predicted molar refractivity (Wildman–Crippen MR) is 70.5 cm³/mol. The summed E-state index contributed by atoms with van der Waals surface area (Å²) in [5.41, 5.74) is 0. The van der Waals surface area contributed by atoms with Gasteiger partial charge in [-0.25, -0.2) is 0 Å². The summed E-state index contributed by atoms with van der Waals surface area (Å²) in [5.74, 6) is 0. The summed E-state index contributed by atoms with van der Waals surface area (Å²) < 4.78 is 0. The molecule has 0 aliphatic heterocycles. The van der Waals surface area contributed by atoms with E-state index in [4.69, 9.17) is 60.3 Å². The van der Waals surface area contributed by atoms with Crippen LogP contribution in [-0.2, 0) is 0 Å². The molecular weight excluding hydrogens is 393 g/mol. The van der Waals surface area contributed by atoms with E-state index < -0.39 is 29.3 Å². The van der Waals surface area contributed by atoms with Crippen molar-refractivity contribution >= 4 is 29.3 Å². The third-order valence-corrected chi connectivity index (χ3v) is 0. The Labute approximate surface area is 186 Å². The number of hydrogen-bond acceptors (Lipinski definition) is 12. The molecule has 0 aromatic carbocycles. The fraction of sp³-hybridized carbons (Fsp3) is 0. The summed E-state index contributed by atoms with van der Waals surface area (Å²) in [5, 5.41) is 88.5. The van der Waals surface area contributed by atoms with E-state index in [2.05, 4.69) is 0 Å². The summed E-state index contributed by atoms with van der Waals surface area (Å²) in [6.45, 7) is 0. The molecule has 0 saturated heterocycles. The normalized spacial score (nSPS) is 4.32. The molecule has 25 heavy (non-hydrogen) atoms. The first-order valence-corrected chi connectivity index (χ1v) is 3.05.